The molecular formula is C6H17NO6P2. The Morgan fingerprint density at radius 3 is 1.73 bits per heavy atom. The minimum atomic E-state index is -4.74. The minimum absolute atomic E-state index is 0.186. The molecule has 0 aliphatic heterocycles. The highest BCUT2D eigenvalue weighted by molar-refractivity contribution is 7.70. The van der Waals surface area contributed by atoms with Crippen molar-refractivity contribution in [3.63, 3.8) is 0 Å². The van der Waals surface area contributed by atoms with E-state index in [1.54, 1.807) is 0 Å². The van der Waals surface area contributed by atoms with Gasteiger partial charge in [0.1, 0.15) is 0 Å². The van der Waals surface area contributed by atoms with Gasteiger partial charge in [0.05, 0.1) is 0 Å². The Balaban J connectivity index is 4.30. The number of nitrogens with two attached hydrogens (primary N) is 1. The lowest BCUT2D eigenvalue weighted by Crippen LogP contribution is -2.09. The van der Waals surface area contributed by atoms with Crippen LogP contribution in [0.15, 0.2) is 0 Å². The molecule has 0 saturated heterocycles. The third-order valence-corrected chi connectivity index (χ3v) is 5.82. The predicted molar refractivity (Wildman–Crippen MR) is 55.4 cm³/mol. The zero-order valence-corrected chi connectivity index (χ0v) is 9.98. The van der Waals surface area contributed by atoms with Gasteiger partial charge in [-0.25, -0.2) is 0 Å². The first-order valence-corrected chi connectivity index (χ1v) is 7.86. The van der Waals surface area contributed by atoms with Gasteiger partial charge in [0.15, 0.2) is 5.40 Å². The summed E-state index contributed by atoms with van der Waals surface area (Å²) in [4.78, 5) is 35.1. The summed E-state index contributed by atoms with van der Waals surface area (Å²) in [6, 6.07) is 0. The fourth-order valence-electron chi connectivity index (χ4n) is 1.18. The van der Waals surface area contributed by atoms with Gasteiger partial charge in [-0.2, -0.15) is 0 Å². The minimum Gasteiger partial charge on any atom is -0.330 e. The second-order valence-corrected chi connectivity index (χ2v) is 7.31. The van der Waals surface area contributed by atoms with E-state index in [1.165, 1.54) is 0 Å². The van der Waals surface area contributed by atoms with Crippen LogP contribution in [0.2, 0.25) is 0 Å². The quantitative estimate of drug-likeness (QED) is 0.325. The van der Waals surface area contributed by atoms with Crippen molar-refractivity contribution in [1.82, 2.24) is 0 Å². The normalized spacial score (nSPS) is 13.5. The molecule has 0 unspecified atom stereocenters. The summed E-state index contributed by atoms with van der Waals surface area (Å²) in [7, 11) is -9.48. The summed E-state index contributed by atoms with van der Waals surface area (Å²) in [5, 5.41) is -1.87. The molecule has 92 valence electrons. The van der Waals surface area contributed by atoms with Gasteiger partial charge < -0.3 is 25.3 Å². The average Bonchev–Trinajstić information content (AvgIpc) is 1.99. The molecule has 0 atom stereocenters. The van der Waals surface area contributed by atoms with Crippen LogP contribution in [0.1, 0.15) is 25.7 Å². The lowest BCUT2D eigenvalue weighted by Gasteiger charge is -2.19. The zero-order valence-electron chi connectivity index (χ0n) is 8.19. The fourth-order valence-corrected chi connectivity index (χ4v) is 3.79. The molecule has 0 saturated carbocycles. The molecule has 0 heterocycles. The maximum Gasteiger partial charge on any atom is 0.340 e. The van der Waals surface area contributed by atoms with Gasteiger partial charge in [-0.15, -0.1) is 0 Å². The largest absolute Gasteiger partial charge is 0.340 e. The first-order valence-electron chi connectivity index (χ1n) is 4.50. The van der Waals surface area contributed by atoms with Crippen molar-refractivity contribution >= 4 is 15.2 Å². The molecule has 0 aliphatic carbocycles. The Morgan fingerprint density at radius 1 is 0.933 bits per heavy atom. The second-order valence-electron chi connectivity index (χ2n) is 3.30. The number of rotatable bonds is 7. The van der Waals surface area contributed by atoms with E-state index in [-0.39, 0.29) is 6.42 Å². The first kappa shape index (κ1) is 15.3. The van der Waals surface area contributed by atoms with Gasteiger partial charge in [-0.1, -0.05) is 12.8 Å². The van der Waals surface area contributed by atoms with E-state index in [0.717, 1.165) is 0 Å². The Hall–Kier alpha value is 0.260. The van der Waals surface area contributed by atoms with E-state index < -0.39 is 20.6 Å². The third kappa shape index (κ3) is 6.43. The van der Waals surface area contributed by atoms with Crippen LogP contribution in [0.4, 0.5) is 0 Å². The SMILES string of the molecule is NCCCCCC(P(=O)(O)O)P(=O)(O)O. The van der Waals surface area contributed by atoms with Crippen molar-refractivity contribution in [3.8, 4) is 0 Å². The third-order valence-electron chi connectivity index (χ3n) is 1.94. The van der Waals surface area contributed by atoms with Crippen LogP contribution in [-0.4, -0.2) is 31.5 Å². The molecule has 0 aromatic heterocycles. The summed E-state index contributed by atoms with van der Waals surface area (Å²) in [6.07, 6.45) is 1.44. The molecule has 9 heteroatoms. The molecule has 0 aliphatic rings. The maximum absolute atomic E-state index is 10.8. The topological polar surface area (TPSA) is 141 Å². The van der Waals surface area contributed by atoms with Crippen molar-refractivity contribution in [1.29, 1.82) is 0 Å². The van der Waals surface area contributed by atoms with Crippen LogP contribution in [0, 0.1) is 0 Å². The summed E-state index contributed by atoms with van der Waals surface area (Å²) in [5.41, 5.74) is 5.21. The van der Waals surface area contributed by atoms with Crippen molar-refractivity contribution < 1.29 is 28.7 Å². The summed E-state index contributed by atoms with van der Waals surface area (Å²) < 4.78 is 21.6. The van der Waals surface area contributed by atoms with E-state index in [0.29, 0.717) is 25.8 Å². The number of hydrogen-bond donors (Lipinski definition) is 5. The molecule has 15 heavy (non-hydrogen) atoms. The van der Waals surface area contributed by atoms with Gasteiger partial charge in [-0.05, 0) is 19.4 Å². The highest BCUT2D eigenvalue weighted by Gasteiger charge is 2.42. The number of hydrogen-bond acceptors (Lipinski definition) is 3. The van der Waals surface area contributed by atoms with Crippen LogP contribution >= 0.6 is 15.2 Å². The van der Waals surface area contributed by atoms with Gasteiger partial charge in [-0.3, -0.25) is 9.13 Å². The lowest BCUT2D eigenvalue weighted by atomic mass is 10.2. The Morgan fingerprint density at radius 2 is 1.40 bits per heavy atom. The lowest BCUT2D eigenvalue weighted by molar-refractivity contribution is 0.333. The predicted octanol–water partition coefficient (Wildman–Crippen LogP) is 0.187. The van der Waals surface area contributed by atoms with Crippen molar-refractivity contribution in [2.24, 2.45) is 5.73 Å². The second kappa shape index (κ2) is 6.11. The van der Waals surface area contributed by atoms with E-state index in [9.17, 15) is 9.13 Å². The van der Waals surface area contributed by atoms with E-state index in [2.05, 4.69) is 0 Å². The summed E-state index contributed by atoms with van der Waals surface area (Å²) >= 11 is 0. The monoisotopic (exact) mass is 261 g/mol. The molecule has 0 radical (unpaired) electrons. The first-order chi connectivity index (χ1) is 6.69. The average molecular weight is 261 g/mol. The van der Waals surface area contributed by atoms with Crippen LogP contribution in [0.25, 0.3) is 0 Å². The molecule has 0 rings (SSSR count). The fraction of sp³-hybridized carbons (Fsp3) is 1.00. The van der Waals surface area contributed by atoms with Crippen molar-refractivity contribution in [2.45, 2.75) is 31.1 Å². The van der Waals surface area contributed by atoms with Crippen LogP contribution in [0.3, 0.4) is 0 Å². The maximum atomic E-state index is 10.8. The standard InChI is InChI=1S/C6H17NO6P2/c7-5-3-1-2-4-6(14(8,9)10)15(11,12)13/h6H,1-5,7H2,(H2,8,9,10)(H2,11,12,13). The summed E-state index contributed by atoms with van der Waals surface area (Å²) in [6.45, 7) is 0.455. The van der Waals surface area contributed by atoms with Gasteiger partial charge >= 0.3 is 15.2 Å². The Labute approximate surface area is 88.0 Å². The van der Waals surface area contributed by atoms with Gasteiger partial charge in [0, 0.05) is 0 Å². The van der Waals surface area contributed by atoms with Gasteiger partial charge in [0.2, 0.25) is 0 Å². The molecule has 0 spiro atoms. The van der Waals surface area contributed by atoms with Gasteiger partial charge in [0.25, 0.3) is 0 Å². The molecular weight excluding hydrogens is 244 g/mol. The molecule has 0 aromatic rings. The molecule has 0 bridgehead atoms. The van der Waals surface area contributed by atoms with E-state index >= 15 is 0 Å². The molecule has 0 fully saturated rings. The Kier molecular flexibility index (Phi) is 6.21. The highest BCUT2D eigenvalue weighted by atomic mass is 31.2. The van der Waals surface area contributed by atoms with Crippen molar-refractivity contribution in [3.05, 3.63) is 0 Å². The molecule has 6 N–H and O–H groups in total. The van der Waals surface area contributed by atoms with Crippen LogP contribution in [0.5, 0.6) is 0 Å². The van der Waals surface area contributed by atoms with E-state index in [1.807, 2.05) is 0 Å². The summed E-state index contributed by atoms with van der Waals surface area (Å²) in [5.74, 6) is 0. The smallest absolute Gasteiger partial charge is 0.330 e. The van der Waals surface area contributed by atoms with Crippen molar-refractivity contribution in [2.75, 3.05) is 6.54 Å². The highest BCUT2D eigenvalue weighted by Crippen LogP contribution is 2.61. The molecule has 0 aromatic carbocycles. The van der Waals surface area contributed by atoms with E-state index in [4.69, 9.17) is 25.3 Å². The zero-order chi connectivity index (χ0) is 12.1. The van der Waals surface area contributed by atoms with Crippen LogP contribution in [-0.2, 0) is 9.13 Å². The molecule has 0 amide bonds. The van der Waals surface area contributed by atoms with Crippen LogP contribution < -0.4 is 5.73 Å². The Bertz CT molecular complexity index is 249. The number of unbranched alkanes of at least 4 members (excludes halogenated alkanes) is 2. The molecule has 7 nitrogen and oxygen atoms in total.